The van der Waals surface area contributed by atoms with Crippen LogP contribution >= 0.6 is 35.3 Å². The van der Waals surface area contributed by atoms with E-state index < -0.39 is 5.91 Å². The number of nitrogens with one attached hydrogen (secondary N) is 2. The number of thiazole rings is 1. The van der Waals surface area contributed by atoms with Gasteiger partial charge in [0.05, 0.1) is 5.01 Å². The fourth-order valence-corrected chi connectivity index (χ4v) is 2.97. The average Bonchev–Trinajstić information content (AvgIpc) is 3.06. The van der Waals surface area contributed by atoms with Gasteiger partial charge in [-0.2, -0.15) is 0 Å². The number of nitrogens with zero attached hydrogens (tertiary/aromatic N) is 2. The van der Waals surface area contributed by atoms with Crippen LogP contribution < -0.4 is 16.4 Å². The zero-order valence-electron chi connectivity index (χ0n) is 14.4. The topological polar surface area (TPSA) is 92.4 Å². The molecule has 0 spiro atoms. The summed E-state index contributed by atoms with van der Waals surface area (Å²) in [5, 5.41) is 7.66. The fraction of sp³-hybridized carbons (Fsp3) is 0.353. The number of amides is 1. The molecular weight excluding hydrogens is 449 g/mol. The summed E-state index contributed by atoms with van der Waals surface area (Å²) in [4.78, 5) is 21.0. The Morgan fingerprint density at radius 2 is 2.00 bits per heavy atom. The molecular formula is C17H24IN5OS. The van der Waals surface area contributed by atoms with Gasteiger partial charge < -0.3 is 16.4 Å². The van der Waals surface area contributed by atoms with Gasteiger partial charge in [0.15, 0.2) is 5.96 Å². The van der Waals surface area contributed by atoms with Crippen LogP contribution in [-0.4, -0.2) is 30.4 Å². The van der Waals surface area contributed by atoms with Crippen molar-refractivity contribution in [3.05, 3.63) is 51.5 Å². The zero-order valence-corrected chi connectivity index (χ0v) is 17.6. The van der Waals surface area contributed by atoms with Gasteiger partial charge in [-0.1, -0.05) is 19.1 Å². The summed E-state index contributed by atoms with van der Waals surface area (Å²) in [6, 6.07) is 7.21. The van der Waals surface area contributed by atoms with Gasteiger partial charge in [-0.3, -0.25) is 9.79 Å². The van der Waals surface area contributed by atoms with Gasteiger partial charge in [0.1, 0.15) is 0 Å². The SMILES string of the molecule is CCc1cnc(CCNC(=NC)NCc2ccc(C(N)=O)cc2)s1.I. The number of hydrogen-bond acceptors (Lipinski definition) is 4. The van der Waals surface area contributed by atoms with Crippen LogP contribution in [0.15, 0.2) is 35.5 Å². The van der Waals surface area contributed by atoms with Crippen LogP contribution in [0.5, 0.6) is 0 Å². The Hall–Kier alpha value is -1.68. The second-order valence-electron chi connectivity index (χ2n) is 5.24. The summed E-state index contributed by atoms with van der Waals surface area (Å²) in [6.45, 7) is 3.53. The van der Waals surface area contributed by atoms with E-state index >= 15 is 0 Å². The van der Waals surface area contributed by atoms with Crippen LogP contribution in [0.25, 0.3) is 0 Å². The van der Waals surface area contributed by atoms with E-state index in [0.29, 0.717) is 12.1 Å². The van der Waals surface area contributed by atoms with Crippen molar-refractivity contribution in [3.63, 3.8) is 0 Å². The van der Waals surface area contributed by atoms with Crippen molar-refractivity contribution in [2.75, 3.05) is 13.6 Å². The Morgan fingerprint density at radius 1 is 1.28 bits per heavy atom. The molecule has 0 atom stereocenters. The summed E-state index contributed by atoms with van der Waals surface area (Å²) < 4.78 is 0. The molecule has 0 aliphatic rings. The Bertz CT molecular complexity index is 699. The highest BCUT2D eigenvalue weighted by Crippen LogP contribution is 2.13. The summed E-state index contributed by atoms with van der Waals surface area (Å²) in [6.07, 6.45) is 3.85. The van der Waals surface area contributed by atoms with E-state index in [1.54, 1.807) is 30.5 Å². The number of halogens is 1. The number of aliphatic imine (C=N–C) groups is 1. The molecule has 2 aromatic rings. The van der Waals surface area contributed by atoms with Crippen LogP contribution in [0, 0.1) is 0 Å². The van der Waals surface area contributed by atoms with E-state index in [1.165, 1.54) is 4.88 Å². The van der Waals surface area contributed by atoms with E-state index in [0.717, 1.165) is 35.9 Å². The molecule has 0 aliphatic carbocycles. The molecule has 0 bridgehead atoms. The Balaban J connectivity index is 0.00000312. The predicted octanol–water partition coefficient (Wildman–Crippen LogP) is 2.33. The number of aryl methyl sites for hydroxylation is 1. The first-order valence-corrected chi connectivity index (χ1v) is 8.71. The third-order valence-electron chi connectivity index (χ3n) is 3.50. The Labute approximate surface area is 169 Å². The molecule has 1 aromatic carbocycles. The third-order valence-corrected chi connectivity index (χ3v) is 4.70. The van der Waals surface area contributed by atoms with Gasteiger partial charge in [0, 0.05) is 43.2 Å². The number of rotatable bonds is 7. The zero-order chi connectivity index (χ0) is 17.4. The maximum absolute atomic E-state index is 11.1. The molecule has 0 saturated carbocycles. The summed E-state index contributed by atoms with van der Waals surface area (Å²) in [5.41, 5.74) is 6.79. The van der Waals surface area contributed by atoms with Crippen LogP contribution in [0.4, 0.5) is 0 Å². The van der Waals surface area contributed by atoms with Crippen LogP contribution in [-0.2, 0) is 19.4 Å². The van der Waals surface area contributed by atoms with E-state index in [9.17, 15) is 4.79 Å². The molecule has 136 valence electrons. The smallest absolute Gasteiger partial charge is 0.248 e. The Morgan fingerprint density at radius 3 is 2.56 bits per heavy atom. The number of nitrogens with two attached hydrogens (primary N) is 1. The molecule has 0 saturated heterocycles. The van der Waals surface area contributed by atoms with Gasteiger partial charge >= 0.3 is 0 Å². The van der Waals surface area contributed by atoms with E-state index in [1.807, 2.05) is 18.3 Å². The van der Waals surface area contributed by atoms with E-state index in [-0.39, 0.29) is 24.0 Å². The monoisotopic (exact) mass is 473 g/mol. The number of benzene rings is 1. The molecule has 0 fully saturated rings. The fourth-order valence-electron chi connectivity index (χ4n) is 2.11. The van der Waals surface area contributed by atoms with Crippen molar-refractivity contribution in [2.24, 2.45) is 10.7 Å². The first-order chi connectivity index (χ1) is 11.6. The van der Waals surface area contributed by atoms with Crippen molar-refractivity contribution >= 4 is 47.2 Å². The molecule has 0 unspecified atom stereocenters. The lowest BCUT2D eigenvalue weighted by atomic mass is 10.1. The number of carbonyl (C=O) groups excluding carboxylic acids is 1. The summed E-state index contributed by atoms with van der Waals surface area (Å²) >= 11 is 1.76. The molecule has 2 rings (SSSR count). The highest BCUT2D eigenvalue weighted by molar-refractivity contribution is 14.0. The summed E-state index contributed by atoms with van der Waals surface area (Å²) in [7, 11) is 1.74. The molecule has 6 nitrogen and oxygen atoms in total. The van der Waals surface area contributed by atoms with E-state index in [4.69, 9.17) is 5.73 Å². The highest BCUT2D eigenvalue weighted by atomic mass is 127. The lowest BCUT2D eigenvalue weighted by Crippen LogP contribution is -2.37. The van der Waals surface area contributed by atoms with Gasteiger partial charge in [-0.25, -0.2) is 4.98 Å². The third kappa shape index (κ3) is 6.99. The molecule has 4 N–H and O–H groups in total. The Kier molecular flexibility index (Phi) is 9.43. The second kappa shape index (κ2) is 11.0. The molecule has 25 heavy (non-hydrogen) atoms. The van der Waals surface area contributed by atoms with Crippen molar-refractivity contribution in [1.29, 1.82) is 0 Å². The maximum Gasteiger partial charge on any atom is 0.248 e. The summed E-state index contributed by atoms with van der Waals surface area (Å²) in [5.74, 6) is 0.321. The first kappa shape index (κ1) is 21.4. The van der Waals surface area contributed by atoms with Crippen molar-refractivity contribution in [2.45, 2.75) is 26.3 Å². The number of guanidine groups is 1. The molecule has 0 radical (unpaired) electrons. The average molecular weight is 473 g/mol. The first-order valence-electron chi connectivity index (χ1n) is 7.89. The lowest BCUT2D eigenvalue weighted by molar-refractivity contribution is 0.100. The molecule has 1 heterocycles. The number of primary amides is 1. The predicted molar refractivity (Wildman–Crippen MR) is 114 cm³/mol. The van der Waals surface area contributed by atoms with Gasteiger partial charge in [-0.05, 0) is 24.1 Å². The molecule has 0 aliphatic heterocycles. The lowest BCUT2D eigenvalue weighted by Gasteiger charge is -2.11. The maximum atomic E-state index is 11.1. The van der Waals surface area contributed by atoms with Crippen LogP contribution in [0.3, 0.4) is 0 Å². The number of carbonyl (C=O) groups is 1. The largest absolute Gasteiger partial charge is 0.366 e. The normalized spacial score (nSPS) is 10.9. The van der Waals surface area contributed by atoms with Gasteiger partial charge in [0.25, 0.3) is 0 Å². The molecule has 1 amide bonds. The highest BCUT2D eigenvalue weighted by Gasteiger charge is 2.03. The number of aromatic nitrogens is 1. The van der Waals surface area contributed by atoms with Crippen molar-refractivity contribution < 1.29 is 4.79 Å². The minimum absolute atomic E-state index is 0. The van der Waals surface area contributed by atoms with Crippen molar-refractivity contribution in [3.8, 4) is 0 Å². The standard InChI is InChI=1S/C17H23N5OS.HI/c1-3-14-11-21-15(24-14)8-9-20-17(19-2)22-10-12-4-6-13(7-5-12)16(18)23;/h4-7,11H,3,8-10H2,1-2H3,(H2,18,23)(H2,19,20,22);1H. The molecule has 1 aromatic heterocycles. The minimum Gasteiger partial charge on any atom is -0.366 e. The molecule has 8 heteroatoms. The quantitative estimate of drug-likeness (QED) is 0.327. The van der Waals surface area contributed by atoms with Gasteiger partial charge in [-0.15, -0.1) is 35.3 Å². The second-order valence-corrected chi connectivity index (χ2v) is 6.44. The van der Waals surface area contributed by atoms with Gasteiger partial charge in [0.2, 0.25) is 5.91 Å². The van der Waals surface area contributed by atoms with Crippen molar-refractivity contribution in [1.82, 2.24) is 15.6 Å². The van der Waals surface area contributed by atoms with E-state index in [2.05, 4.69) is 27.5 Å². The van der Waals surface area contributed by atoms with Crippen LogP contribution in [0.1, 0.15) is 32.7 Å². The minimum atomic E-state index is -0.416. The number of hydrogen-bond donors (Lipinski definition) is 3. The van der Waals surface area contributed by atoms with Crippen LogP contribution in [0.2, 0.25) is 0 Å².